The molecule has 0 fully saturated rings. The number of hydrogen-bond donors (Lipinski definition) is 1. The van der Waals surface area contributed by atoms with E-state index in [4.69, 9.17) is 4.74 Å². The lowest BCUT2D eigenvalue weighted by Crippen LogP contribution is -2.19. The Morgan fingerprint density at radius 3 is 1.51 bits per heavy atom. The number of allylic oxidation sites excluding steroid dienone is 1. The summed E-state index contributed by atoms with van der Waals surface area (Å²) in [7, 11) is 1.77. The fourth-order valence-electron chi connectivity index (χ4n) is 8.63. The molecule has 0 radical (unpaired) electrons. The summed E-state index contributed by atoms with van der Waals surface area (Å²) in [6, 6.07) is 9.12. The third kappa shape index (κ3) is 10.7. The van der Waals surface area contributed by atoms with Gasteiger partial charge in [0.25, 0.3) is 0 Å². The molecule has 0 bridgehead atoms. The first-order chi connectivity index (χ1) is 23.7. The fourth-order valence-corrected chi connectivity index (χ4v) is 8.63. The average Bonchev–Trinajstić information content (AvgIpc) is 3.12. The molecule has 3 nitrogen and oxygen atoms in total. The van der Waals surface area contributed by atoms with Gasteiger partial charge in [0.15, 0.2) is 5.76 Å². The second-order valence-corrected chi connectivity index (χ2v) is 14.6. The Bertz CT molecular complexity index is 1300. The predicted octanol–water partition coefficient (Wildman–Crippen LogP) is 14.9. The number of ketones is 1. The Kier molecular flexibility index (Phi) is 19.4. The highest BCUT2D eigenvalue weighted by atomic mass is 16.5. The van der Waals surface area contributed by atoms with E-state index < -0.39 is 0 Å². The van der Waals surface area contributed by atoms with Crippen LogP contribution in [0.1, 0.15) is 239 Å². The van der Waals surface area contributed by atoms with Gasteiger partial charge in [-0.3, -0.25) is 4.79 Å². The molecule has 0 saturated heterocycles. The number of hydrogen-bond acceptors (Lipinski definition) is 3. The number of aliphatic hydroxyl groups is 1. The number of rotatable bonds is 24. The lowest BCUT2D eigenvalue weighted by atomic mass is 9.74. The molecule has 276 valence electrons. The Morgan fingerprint density at radius 1 is 0.612 bits per heavy atom. The van der Waals surface area contributed by atoms with Crippen molar-refractivity contribution >= 4 is 11.9 Å². The number of carbonyl (C=O) groups excluding carboxylic acids is 1. The highest BCUT2D eigenvalue weighted by Crippen LogP contribution is 2.44. The van der Waals surface area contributed by atoms with Crippen LogP contribution in [0.5, 0.6) is 5.75 Å². The van der Waals surface area contributed by atoms with Gasteiger partial charge < -0.3 is 9.84 Å². The van der Waals surface area contributed by atoms with Crippen molar-refractivity contribution in [2.75, 3.05) is 7.11 Å². The molecule has 0 saturated carbocycles. The number of aliphatic hydroxyl groups excluding tert-OH is 1. The van der Waals surface area contributed by atoms with Crippen molar-refractivity contribution in [3.8, 4) is 5.75 Å². The van der Waals surface area contributed by atoms with Crippen LogP contribution in [0, 0.1) is 0 Å². The number of benzene rings is 2. The summed E-state index contributed by atoms with van der Waals surface area (Å²) in [5.74, 6) is 2.19. The summed E-state index contributed by atoms with van der Waals surface area (Å²) < 4.78 is 6.12. The van der Waals surface area contributed by atoms with Gasteiger partial charge in [-0.25, -0.2) is 0 Å². The molecule has 2 aromatic carbocycles. The fraction of sp³-hybridized carbons (Fsp3) is 0.674. The lowest BCUT2D eigenvalue weighted by Gasteiger charge is -2.30. The van der Waals surface area contributed by atoms with Gasteiger partial charge in [0, 0.05) is 11.1 Å². The van der Waals surface area contributed by atoms with Gasteiger partial charge in [0.05, 0.1) is 7.11 Å². The molecule has 2 rings (SSSR count). The van der Waals surface area contributed by atoms with E-state index in [2.05, 4.69) is 93.5 Å². The smallest absolute Gasteiger partial charge is 0.227 e. The molecular formula is C46H74O3. The zero-order valence-corrected chi connectivity index (χ0v) is 33.6. The van der Waals surface area contributed by atoms with Crippen LogP contribution < -0.4 is 4.74 Å². The maximum Gasteiger partial charge on any atom is 0.227 e. The molecule has 3 heteroatoms. The molecule has 0 aliphatic rings. The number of carbonyl (C=O) groups is 1. The highest BCUT2D eigenvalue weighted by Gasteiger charge is 2.31. The molecule has 5 atom stereocenters. The van der Waals surface area contributed by atoms with E-state index in [9.17, 15) is 5.11 Å². The van der Waals surface area contributed by atoms with Crippen LogP contribution in [0.4, 0.5) is 0 Å². The zero-order valence-electron chi connectivity index (χ0n) is 33.6. The first kappa shape index (κ1) is 42.6. The minimum atomic E-state index is -0.207. The van der Waals surface area contributed by atoms with Gasteiger partial charge >= 0.3 is 0 Å². The Balaban J connectivity index is 3.08. The second kappa shape index (κ2) is 22.3. The first-order valence-electron chi connectivity index (χ1n) is 20.5. The number of Topliss-reactive ketones (excluding diaryl/α,β-unsaturated/α-hetero) is 1. The minimum Gasteiger partial charge on any atom is -0.504 e. The van der Waals surface area contributed by atoms with Crippen molar-refractivity contribution in [1.82, 2.24) is 0 Å². The molecule has 5 unspecified atom stereocenters. The van der Waals surface area contributed by atoms with Crippen molar-refractivity contribution in [2.24, 2.45) is 0 Å². The first-order valence-corrected chi connectivity index (χ1v) is 20.5. The molecule has 0 spiro atoms. The van der Waals surface area contributed by atoms with Gasteiger partial charge in [-0.1, -0.05) is 120 Å². The molecule has 0 aliphatic carbocycles. The summed E-state index contributed by atoms with van der Waals surface area (Å²) in [5.41, 5.74) is 7.78. The molecule has 2 aromatic rings. The standard InChI is InChI=1S/C46H74O3/c1-12-22-32(17-6)37-29-38(43(42(31-37)49-11)35(20-9)25-15-4)30-41(47)46(48)45-40(34(19-8)24-14-3)28-27-39(33(18-7)23-13-2)44(45)36(21-10)26-16-5/h27-36,47H,12-26H2,1-11H3. The van der Waals surface area contributed by atoms with E-state index >= 15 is 4.79 Å². The SMILES string of the molecule is CCCC(CC)c1cc(C=C(O)C(=O)c2c(C(CC)CCC)ccc(C(CC)CCC)c2C(CC)CCC)c(C(CC)CCC)c(OC)c1. The summed E-state index contributed by atoms with van der Waals surface area (Å²) in [6.07, 6.45) is 17.6. The van der Waals surface area contributed by atoms with E-state index in [-0.39, 0.29) is 29.3 Å². The second-order valence-electron chi connectivity index (χ2n) is 14.6. The van der Waals surface area contributed by atoms with Crippen molar-refractivity contribution in [1.29, 1.82) is 0 Å². The highest BCUT2D eigenvalue weighted by molar-refractivity contribution is 6.12. The summed E-state index contributed by atoms with van der Waals surface area (Å²) in [6.45, 7) is 22.5. The van der Waals surface area contributed by atoms with Crippen molar-refractivity contribution in [2.45, 2.75) is 195 Å². The molecule has 0 aliphatic heterocycles. The van der Waals surface area contributed by atoms with Crippen LogP contribution in [0.2, 0.25) is 0 Å². The van der Waals surface area contributed by atoms with Crippen LogP contribution in [-0.2, 0) is 0 Å². The van der Waals surface area contributed by atoms with Gasteiger partial charge in [-0.15, -0.1) is 0 Å². The Hall–Kier alpha value is -2.55. The van der Waals surface area contributed by atoms with Gasteiger partial charge in [-0.05, 0) is 134 Å². The van der Waals surface area contributed by atoms with E-state index in [1.165, 1.54) is 16.7 Å². The molecule has 0 aromatic heterocycles. The van der Waals surface area contributed by atoms with Gasteiger partial charge in [0.1, 0.15) is 5.75 Å². The number of methoxy groups -OCH3 is 1. The average molecular weight is 675 g/mol. The maximum atomic E-state index is 15.1. The predicted molar refractivity (Wildman–Crippen MR) is 214 cm³/mol. The summed E-state index contributed by atoms with van der Waals surface area (Å²) >= 11 is 0. The molecule has 0 heterocycles. The minimum absolute atomic E-state index is 0.142. The summed E-state index contributed by atoms with van der Waals surface area (Å²) in [4.78, 5) is 15.1. The lowest BCUT2D eigenvalue weighted by molar-refractivity contribution is 0.0977. The van der Waals surface area contributed by atoms with Crippen LogP contribution in [0.3, 0.4) is 0 Å². The van der Waals surface area contributed by atoms with Crippen molar-refractivity contribution in [3.05, 3.63) is 69.0 Å². The quantitative estimate of drug-likeness (QED) is 0.0685. The van der Waals surface area contributed by atoms with Gasteiger partial charge in [0.2, 0.25) is 5.78 Å². The largest absolute Gasteiger partial charge is 0.504 e. The van der Waals surface area contributed by atoms with Crippen LogP contribution in [0.15, 0.2) is 30.0 Å². The monoisotopic (exact) mass is 675 g/mol. The van der Waals surface area contributed by atoms with E-state index in [1.807, 2.05) is 6.08 Å². The van der Waals surface area contributed by atoms with E-state index in [1.54, 1.807) is 7.11 Å². The third-order valence-corrected chi connectivity index (χ3v) is 11.3. The topological polar surface area (TPSA) is 46.5 Å². The number of ether oxygens (including phenoxy) is 1. The van der Waals surface area contributed by atoms with E-state index in [0.717, 1.165) is 124 Å². The van der Waals surface area contributed by atoms with Crippen molar-refractivity contribution < 1.29 is 14.6 Å². The zero-order chi connectivity index (χ0) is 36.5. The Labute approximate surface area is 302 Å². The summed E-state index contributed by atoms with van der Waals surface area (Å²) in [5, 5.41) is 12.2. The van der Waals surface area contributed by atoms with Crippen molar-refractivity contribution in [3.63, 3.8) is 0 Å². The van der Waals surface area contributed by atoms with E-state index in [0.29, 0.717) is 11.8 Å². The third-order valence-electron chi connectivity index (χ3n) is 11.3. The molecule has 1 N–H and O–H groups in total. The van der Waals surface area contributed by atoms with Crippen LogP contribution in [0.25, 0.3) is 6.08 Å². The molecule has 0 amide bonds. The van der Waals surface area contributed by atoms with Crippen LogP contribution in [-0.4, -0.2) is 18.0 Å². The molecule has 49 heavy (non-hydrogen) atoms. The van der Waals surface area contributed by atoms with Gasteiger partial charge in [-0.2, -0.15) is 0 Å². The normalized spacial score (nSPS) is 15.1. The van der Waals surface area contributed by atoms with Crippen LogP contribution >= 0.6 is 0 Å². The maximum absolute atomic E-state index is 15.1. The molecular weight excluding hydrogens is 601 g/mol. The Morgan fingerprint density at radius 2 is 1.04 bits per heavy atom.